The summed E-state index contributed by atoms with van der Waals surface area (Å²) in [6.45, 7) is 3.83. The maximum atomic E-state index is 13.2. The van der Waals surface area contributed by atoms with Crippen molar-refractivity contribution in [1.29, 1.82) is 0 Å². The van der Waals surface area contributed by atoms with Crippen LogP contribution in [0, 0.1) is 13.8 Å². The molecule has 30 heavy (non-hydrogen) atoms. The van der Waals surface area contributed by atoms with E-state index in [2.05, 4.69) is 0 Å². The van der Waals surface area contributed by atoms with Crippen LogP contribution in [0.15, 0.2) is 48.0 Å². The monoisotopic (exact) mass is 405 g/mol. The smallest absolute Gasteiger partial charge is 0.295 e. The van der Waals surface area contributed by atoms with Gasteiger partial charge in [-0.15, -0.1) is 0 Å². The number of aliphatic hydroxyl groups is 1. The molecule has 0 radical (unpaired) electrons. The highest BCUT2D eigenvalue weighted by Crippen LogP contribution is 2.44. The minimum atomic E-state index is -0.608. The summed E-state index contributed by atoms with van der Waals surface area (Å²) in [7, 11) is 1.58. The molecule has 2 aromatic rings. The molecular formula is C25H27NO4. The van der Waals surface area contributed by atoms with Crippen LogP contribution in [0.5, 0.6) is 5.75 Å². The number of rotatable bonds is 4. The highest BCUT2D eigenvalue weighted by molar-refractivity contribution is 6.46. The molecule has 5 heteroatoms. The van der Waals surface area contributed by atoms with Crippen molar-refractivity contribution >= 4 is 17.4 Å². The van der Waals surface area contributed by atoms with E-state index in [1.165, 1.54) is 0 Å². The average molecular weight is 405 g/mol. The molecule has 1 heterocycles. The molecule has 1 amide bonds. The van der Waals surface area contributed by atoms with Crippen LogP contribution in [0.2, 0.25) is 0 Å². The molecule has 156 valence electrons. The van der Waals surface area contributed by atoms with E-state index in [4.69, 9.17) is 4.74 Å². The van der Waals surface area contributed by atoms with Gasteiger partial charge in [0.1, 0.15) is 11.5 Å². The molecule has 2 aliphatic rings. The average Bonchev–Trinajstić information content (AvgIpc) is 3.35. The number of aryl methyl sites for hydroxylation is 2. The summed E-state index contributed by atoms with van der Waals surface area (Å²) in [5.74, 6) is -0.570. The molecule has 0 spiro atoms. The highest BCUT2D eigenvalue weighted by atomic mass is 16.5. The number of methoxy groups -OCH3 is 1. The second-order valence-electron chi connectivity index (χ2n) is 8.18. The maximum Gasteiger partial charge on any atom is 0.295 e. The lowest BCUT2D eigenvalue weighted by Crippen LogP contribution is -2.37. The van der Waals surface area contributed by atoms with E-state index in [0.717, 1.165) is 42.4 Å². The van der Waals surface area contributed by atoms with Crippen LogP contribution >= 0.6 is 0 Å². The number of nitrogens with zero attached hydrogens (tertiary/aromatic N) is 1. The van der Waals surface area contributed by atoms with Gasteiger partial charge in [0.2, 0.25) is 0 Å². The zero-order valence-electron chi connectivity index (χ0n) is 17.6. The molecule has 0 bridgehead atoms. The first-order chi connectivity index (χ1) is 14.4. The Morgan fingerprint density at radius 3 is 2.37 bits per heavy atom. The molecular weight excluding hydrogens is 378 g/mol. The van der Waals surface area contributed by atoms with Gasteiger partial charge < -0.3 is 14.7 Å². The summed E-state index contributed by atoms with van der Waals surface area (Å²) >= 11 is 0. The van der Waals surface area contributed by atoms with Crippen molar-refractivity contribution in [2.45, 2.75) is 51.6 Å². The molecule has 0 aromatic heterocycles. The summed E-state index contributed by atoms with van der Waals surface area (Å²) in [6.07, 6.45) is 3.87. The van der Waals surface area contributed by atoms with Gasteiger partial charge >= 0.3 is 0 Å². The fraction of sp³-hybridized carbons (Fsp3) is 0.360. The fourth-order valence-corrected chi connectivity index (χ4v) is 4.78. The van der Waals surface area contributed by atoms with Crippen LogP contribution in [0.25, 0.3) is 5.76 Å². The van der Waals surface area contributed by atoms with Crippen molar-refractivity contribution < 1.29 is 19.4 Å². The van der Waals surface area contributed by atoms with Crippen LogP contribution in [-0.4, -0.2) is 34.8 Å². The van der Waals surface area contributed by atoms with Crippen molar-refractivity contribution in [3.05, 3.63) is 70.3 Å². The minimum Gasteiger partial charge on any atom is -0.507 e. The normalized spacial score (nSPS) is 21.4. The molecule has 1 aliphatic heterocycles. The van der Waals surface area contributed by atoms with Crippen LogP contribution in [0.1, 0.15) is 54.0 Å². The Kier molecular flexibility index (Phi) is 5.37. The van der Waals surface area contributed by atoms with Crippen molar-refractivity contribution in [1.82, 2.24) is 4.90 Å². The Morgan fingerprint density at radius 1 is 1.03 bits per heavy atom. The van der Waals surface area contributed by atoms with E-state index < -0.39 is 17.7 Å². The minimum absolute atomic E-state index is 0.0216. The number of amides is 1. The molecule has 5 nitrogen and oxygen atoms in total. The van der Waals surface area contributed by atoms with Gasteiger partial charge in [-0.25, -0.2) is 0 Å². The molecule has 1 atom stereocenters. The molecule has 1 aliphatic carbocycles. The first-order valence-electron chi connectivity index (χ1n) is 10.4. The number of hydrogen-bond donors (Lipinski definition) is 1. The Labute approximate surface area is 177 Å². The Hall–Kier alpha value is -3.08. The number of ether oxygens (including phenoxy) is 1. The Morgan fingerprint density at radius 2 is 1.73 bits per heavy atom. The lowest BCUT2D eigenvalue weighted by molar-refractivity contribution is -0.141. The lowest BCUT2D eigenvalue weighted by atomic mass is 9.91. The molecule has 1 saturated heterocycles. The number of hydrogen-bond acceptors (Lipinski definition) is 4. The van der Waals surface area contributed by atoms with Crippen molar-refractivity contribution in [2.24, 2.45) is 0 Å². The summed E-state index contributed by atoms with van der Waals surface area (Å²) in [6, 6.07) is 12.5. The molecule has 1 N–H and O–H groups in total. The van der Waals surface area contributed by atoms with Crippen molar-refractivity contribution in [3.63, 3.8) is 0 Å². The van der Waals surface area contributed by atoms with Crippen LogP contribution in [0.4, 0.5) is 0 Å². The number of benzene rings is 2. The van der Waals surface area contributed by atoms with Gasteiger partial charge in [-0.2, -0.15) is 0 Å². The van der Waals surface area contributed by atoms with Crippen molar-refractivity contribution in [2.75, 3.05) is 7.11 Å². The van der Waals surface area contributed by atoms with Gasteiger partial charge in [0.25, 0.3) is 11.7 Å². The first kappa shape index (κ1) is 20.2. The Balaban J connectivity index is 1.92. The van der Waals surface area contributed by atoms with Crippen LogP contribution in [0.3, 0.4) is 0 Å². The van der Waals surface area contributed by atoms with E-state index in [9.17, 15) is 14.7 Å². The third-order valence-corrected chi connectivity index (χ3v) is 6.37. The standard InChI is InChI=1S/C25H27NO4/c1-15-8-4-7-11-19(15)22-21(23(27)20-13-12-18(30-3)14-16(20)2)24(28)25(29)26(22)17-9-5-6-10-17/h4,7-8,11-14,17,22,27H,5-6,9-10H2,1-3H3/b23-21+. The van der Waals surface area contributed by atoms with Gasteiger partial charge in [0, 0.05) is 11.6 Å². The molecule has 2 aromatic carbocycles. The zero-order valence-corrected chi connectivity index (χ0v) is 17.6. The predicted molar refractivity (Wildman–Crippen MR) is 115 cm³/mol. The predicted octanol–water partition coefficient (Wildman–Crippen LogP) is 4.68. The summed E-state index contributed by atoms with van der Waals surface area (Å²) in [4.78, 5) is 28.0. The van der Waals surface area contributed by atoms with Gasteiger partial charge in [0.05, 0.1) is 18.7 Å². The number of likely N-dealkylation sites (tertiary alicyclic amines) is 1. The van der Waals surface area contributed by atoms with Gasteiger partial charge in [-0.1, -0.05) is 37.1 Å². The van der Waals surface area contributed by atoms with E-state index in [0.29, 0.717) is 11.3 Å². The van der Waals surface area contributed by atoms with Gasteiger partial charge in [0.15, 0.2) is 0 Å². The second-order valence-corrected chi connectivity index (χ2v) is 8.18. The molecule has 1 saturated carbocycles. The third kappa shape index (κ3) is 3.28. The quantitative estimate of drug-likeness (QED) is 0.456. The van der Waals surface area contributed by atoms with E-state index in [1.807, 2.05) is 44.2 Å². The van der Waals surface area contributed by atoms with Gasteiger partial charge in [-0.3, -0.25) is 9.59 Å². The topological polar surface area (TPSA) is 66.8 Å². The molecule has 1 unspecified atom stereocenters. The van der Waals surface area contributed by atoms with Gasteiger partial charge in [-0.05, 0) is 61.6 Å². The SMILES string of the molecule is COc1ccc(/C(O)=C2\C(=O)C(=O)N(C3CCCC3)C2c2ccccc2C)c(C)c1. The summed E-state index contributed by atoms with van der Waals surface area (Å²) in [5, 5.41) is 11.3. The van der Waals surface area contributed by atoms with Crippen LogP contribution in [-0.2, 0) is 9.59 Å². The summed E-state index contributed by atoms with van der Waals surface area (Å²) in [5.41, 5.74) is 3.37. The van der Waals surface area contributed by atoms with Crippen LogP contribution < -0.4 is 4.74 Å². The maximum absolute atomic E-state index is 13.2. The number of Topliss-reactive ketones (excluding diaryl/α,β-unsaturated/α-hetero) is 1. The summed E-state index contributed by atoms with van der Waals surface area (Å²) < 4.78 is 5.26. The Bertz CT molecular complexity index is 1030. The fourth-order valence-electron chi connectivity index (χ4n) is 4.78. The third-order valence-electron chi connectivity index (χ3n) is 6.37. The van der Waals surface area contributed by atoms with E-state index >= 15 is 0 Å². The number of ketones is 1. The van der Waals surface area contributed by atoms with E-state index in [1.54, 1.807) is 24.1 Å². The first-order valence-corrected chi connectivity index (χ1v) is 10.4. The lowest BCUT2D eigenvalue weighted by Gasteiger charge is -2.31. The number of carbonyl (C=O) groups excluding carboxylic acids is 2. The largest absolute Gasteiger partial charge is 0.507 e. The zero-order chi connectivity index (χ0) is 21.4. The number of aliphatic hydroxyl groups excluding tert-OH is 1. The number of carbonyl (C=O) groups is 2. The van der Waals surface area contributed by atoms with E-state index in [-0.39, 0.29) is 17.4 Å². The highest BCUT2D eigenvalue weighted by Gasteiger charge is 2.49. The molecule has 4 rings (SSSR count). The van der Waals surface area contributed by atoms with Crippen molar-refractivity contribution in [3.8, 4) is 5.75 Å². The molecule has 2 fully saturated rings. The second kappa shape index (κ2) is 7.98.